The molecule has 0 atom stereocenters. The number of aromatic nitrogens is 1. The van der Waals surface area contributed by atoms with Gasteiger partial charge in [0.2, 0.25) is 0 Å². The molecular formula is C24H24F2N2O. The van der Waals surface area contributed by atoms with Gasteiger partial charge in [0.15, 0.2) is 0 Å². The van der Waals surface area contributed by atoms with Gasteiger partial charge in [0.25, 0.3) is 5.91 Å². The molecule has 3 aromatic rings. The van der Waals surface area contributed by atoms with E-state index in [9.17, 15) is 13.6 Å². The van der Waals surface area contributed by atoms with E-state index in [4.69, 9.17) is 0 Å². The SMILES string of the molecule is Cc1c2c(n(Cc3cccc(F)c3)c1C(=O)NCc1ccc(F)cc1)CCCC2. The van der Waals surface area contributed by atoms with Gasteiger partial charge in [0.1, 0.15) is 17.3 Å². The summed E-state index contributed by atoms with van der Waals surface area (Å²) in [4.78, 5) is 13.1. The zero-order valence-corrected chi connectivity index (χ0v) is 16.5. The molecule has 0 saturated carbocycles. The number of amides is 1. The van der Waals surface area contributed by atoms with Crippen LogP contribution in [0.4, 0.5) is 8.78 Å². The Bertz CT molecular complexity index is 1040. The number of carbonyl (C=O) groups is 1. The zero-order chi connectivity index (χ0) is 20.4. The van der Waals surface area contributed by atoms with Gasteiger partial charge in [-0.15, -0.1) is 0 Å². The number of nitrogens with zero attached hydrogens (tertiary/aromatic N) is 1. The second-order valence-electron chi connectivity index (χ2n) is 7.63. The lowest BCUT2D eigenvalue weighted by Gasteiger charge is -2.17. The van der Waals surface area contributed by atoms with E-state index in [0.29, 0.717) is 18.8 Å². The normalized spacial score (nSPS) is 13.2. The Morgan fingerprint density at radius 1 is 1.00 bits per heavy atom. The first kappa shape index (κ1) is 19.4. The minimum absolute atomic E-state index is 0.155. The Kier molecular flexibility index (Phi) is 5.47. The number of halogens is 2. The molecule has 150 valence electrons. The van der Waals surface area contributed by atoms with Crippen LogP contribution in [-0.2, 0) is 25.9 Å². The van der Waals surface area contributed by atoms with E-state index in [1.807, 2.05) is 13.0 Å². The lowest BCUT2D eigenvalue weighted by atomic mass is 9.95. The molecular weight excluding hydrogens is 370 g/mol. The highest BCUT2D eigenvalue weighted by atomic mass is 19.1. The van der Waals surface area contributed by atoms with Crippen LogP contribution in [0, 0.1) is 18.6 Å². The molecule has 1 heterocycles. The minimum atomic E-state index is -0.299. The van der Waals surface area contributed by atoms with Gasteiger partial charge in [-0.05, 0) is 79.1 Å². The number of nitrogens with one attached hydrogen (secondary N) is 1. The summed E-state index contributed by atoms with van der Waals surface area (Å²) in [5.74, 6) is -0.729. The number of rotatable bonds is 5. The van der Waals surface area contributed by atoms with Gasteiger partial charge in [-0.25, -0.2) is 8.78 Å². The Morgan fingerprint density at radius 3 is 2.52 bits per heavy atom. The molecule has 0 saturated heterocycles. The van der Waals surface area contributed by atoms with Crippen molar-refractivity contribution in [3.8, 4) is 0 Å². The molecule has 0 aliphatic heterocycles. The lowest BCUT2D eigenvalue weighted by Crippen LogP contribution is -2.27. The molecule has 0 unspecified atom stereocenters. The minimum Gasteiger partial charge on any atom is -0.347 e. The zero-order valence-electron chi connectivity index (χ0n) is 16.5. The molecule has 3 nitrogen and oxygen atoms in total. The maximum Gasteiger partial charge on any atom is 0.268 e. The largest absolute Gasteiger partial charge is 0.347 e. The average Bonchev–Trinajstić information content (AvgIpc) is 2.99. The molecule has 0 bridgehead atoms. The van der Waals surface area contributed by atoms with Gasteiger partial charge < -0.3 is 9.88 Å². The summed E-state index contributed by atoms with van der Waals surface area (Å²) in [5, 5.41) is 2.97. The summed E-state index contributed by atoms with van der Waals surface area (Å²) in [6.45, 7) is 2.79. The molecule has 29 heavy (non-hydrogen) atoms. The summed E-state index contributed by atoms with van der Waals surface area (Å²) < 4.78 is 28.9. The van der Waals surface area contributed by atoms with Crippen LogP contribution in [0.15, 0.2) is 48.5 Å². The third-order valence-corrected chi connectivity index (χ3v) is 5.65. The van der Waals surface area contributed by atoms with Crippen LogP contribution in [0.2, 0.25) is 0 Å². The molecule has 4 rings (SSSR count). The molecule has 1 N–H and O–H groups in total. The molecule has 0 spiro atoms. The molecule has 1 amide bonds. The molecule has 1 aromatic heterocycles. The standard InChI is InChI=1S/C24H24F2N2O/c1-16-21-7-2-3-8-22(21)28(15-18-5-4-6-20(26)13-18)23(16)24(29)27-14-17-9-11-19(25)12-10-17/h4-6,9-13H,2-3,7-8,14-15H2,1H3,(H,27,29). The van der Waals surface area contributed by atoms with Gasteiger partial charge in [-0.1, -0.05) is 24.3 Å². The molecule has 1 aliphatic rings. The first-order chi connectivity index (χ1) is 14.0. The van der Waals surface area contributed by atoms with Crippen LogP contribution in [0.3, 0.4) is 0 Å². The molecule has 2 aromatic carbocycles. The maximum atomic E-state index is 13.7. The summed E-state index contributed by atoms with van der Waals surface area (Å²) in [6, 6.07) is 12.6. The van der Waals surface area contributed by atoms with Crippen molar-refractivity contribution in [2.45, 2.75) is 45.7 Å². The monoisotopic (exact) mass is 394 g/mol. The highest BCUT2D eigenvalue weighted by Crippen LogP contribution is 2.30. The van der Waals surface area contributed by atoms with Crippen molar-refractivity contribution in [2.75, 3.05) is 0 Å². The van der Waals surface area contributed by atoms with Gasteiger partial charge in [0, 0.05) is 18.8 Å². The van der Waals surface area contributed by atoms with E-state index in [1.54, 1.807) is 18.2 Å². The molecule has 1 aliphatic carbocycles. The molecule has 0 fully saturated rings. The van der Waals surface area contributed by atoms with Gasteiger partial charge in [0.05, 0.1) is 0 Å². The number of hydrogen-bond acceptors (Lipinski definition) is 1. The third kappa shape index (κ3) is 4.09. The Balaban J connectivity index is 1.64. The predicted octanol–water partition coefficient (Wildman–Crippen LogP) is 4.93. The fourth-order valence-corrected chi connectivity index (χ4v) is 4.23. The quantitative estimate of drug-likeness (QED) is 0.654. The third-order valence-electron chi connectivity index (χ3n) is 5.65. The highest BCUT2D eigenvalue weighted by Gasteiger charge is 2.26. The van der Waals surface area contributed by atoms with Crippen molar-refractivity contribution in [3.63, 3.8) is 0 Å². The average molecular weight is 394 g/mol. The summed E-state index contributed by atoms with van der Waals surface area (Å²) >= 11 is 0. The van der Waals surface area contributed by atoms with Crippen LogP contribution in [0.25, 0.3) is 0 Å². The number of carbonyl (C=O) groups excluding carboxylic acids is 1. The van der Waals surface area contributed by atoms with Crippen LogP contribution < -0.4 is 5.32 Å². The van der Waals surface area contributed by atoms with E-state index in [1.165, 1.54) is 35.5 Å². The van der Waals surface area contributed by atoms with Crippen molar-refractivity contribution in [3.05, 3.63) is 93.8 Å². The second-order valence-corrected chi connectivity index (χ2v) is 7.63. The fraction of sp³-hybridized carbons (Fsp3) is 0.292. The number of hydrogen-bond donors (Lipinski definition) is 1. The van der Waals surface area contributed by atoms with Gasteiger partial charge in [-0.2, -0.15) is 0 Å². The van der Waals surface area contributed by atoms with Crippen molar-refractivity contribution >= 4 is 5.91 Å². The lowest BCUT2D eigenvalue weighted by molar-refractivity contribution is 0.0941. The number of fused-ring (bicyclic) bond motifs is 1. The summed E-state index contributed by atoms with van der Waals surface area (Å²) in [6.07, 6.45) is 4.11. The van der Waals surface area contributed by atoms with E-state index in [0.717, 1.165) is 42.4 Å². The maximum absolute atomic E-state index is 13.7. The van der Waals surface area contributed by atoms with Gasteiger partial charge in [-0.3, -0.25) is 4.79 Å². The predicted molar refractivity (Wildman–Crippen MR) is 109 cm³/mol. The van der Waals surface area contributed by atoms with E-state index in [-0.39, 0.29) is 17.5 Å². The Hall–Kier alpha value is -2.95. The van der Waals surface area contributed by atoms with Gasteiger partial charge >= 0.3 is 0 Å². The van der Waals surface area contributed by atoms with Crippen molar-refractivity contribution in [1.82, 2.24) is 9.88 Å². The van der Waals surface area contributed by atoms with Crippen molar-refractivity contribution in [2.24, 2.45) is 0 Å². The summed E-state index contributed by atoms with van der Waals surface area (Å²) in [7, 11) is 0. The van der Waals surface area contributed by atoms with Crippen LogP contribution in [0.1, 0.15) is 51.3 Å². The topological polar surface area (TPSA) is 34.0 Å². The number of benzene rings is 2. The molecule has 5 heteroatoms. The van der Waals surface area contributed by atoms with E-state index in [2.05, 4.69) is 9.88 Å². The Morgan fingerprint density at radius 2 is 1.76 bits per heavy atom. The van der Waals surface area contributed by atoms with Crippen molar-refractivity contribution < 1.29 is 13.6 Å². The van der Waals surface area contributed by atoms with Crippen LogP contribution in [-0.4, -0.2) is 10.5 Å². The Labute approximate surface area is 169 Å². The first-order valence-corrected chi connectivity index (χ1v) is 10.0. The first-order valence-electron chi connectivity index (χ1n) is 10.0. The molecule has 0 radical (unpaired) electrons. The van der Waals surface area contributed by atoms with Crippen LogP contribution >= 0.6 is 0 Å². The summed E-state index contributed by atoms with van der Waals surface area (Å²) in [5.41, 5.74) is 5.76. The smallest absolute Gasteiger partial charge is 0.268 e. The van der Waals surface area contributed by atoms with E-state index >= 15 is 0 Å². The van der Waals surface area contributed by atoms with Crippen LogP contribution in [0.5, 0.6) is 0 Å². The highest BCUT2D eigenvalue weighted by molar-refractivity contribution is 5.95. The van der Waals surface area contributed by atoms with E-state index < -0.39 is 0 Å². The fourth-order valence-electron chi connectivity index (χ4n) is 4.23. The van der Waals surface area contributed by atoms with Crippen molar-refractivity contribution in [1.29, 1.82) is 0 Å². The second kappa shape index (κ2) is 8.19.